The molecule has 0 heterocycles. The normalized spacial score (nSPS) is 39.5. The molecule has 0 bridgehead atoms. The first-order valence-electron chi connectivity index (χ1n) is 4.75. The summed E-state index contributed by atoms with van der Waals surface area (Å²) in [6.07, 6.45) is 2.59. The molecular formula is C10H19F. The Morgan fingerprint density at radius 3 is 2.36 bits per heavy atom. The molecule has 0 aromatic rings. The van der Waals surface area contributed by atoms with E-state index in [1.165, 1.54) is 6.42 Å². The topological polar surface area (TPSA) is 0 Å². The molecule has 1 aliphatic carbocycles. The van der Waals surface area contributed by atoms with Crippen LogP contribution in [-0.2, 0) is 0 Å². The van der Waals surface area contributed by atoms with E-state index in [0.29, 0.717) is 17.8 Å². The summed E-state index contributed by atoms with van der Waals surface area (Å²) in [6.45, 7) is 6.42. The van der Waals surface area contributed by atoms with Gasteiger partial charge in [-0.3, -0.25) is 0 Å². The average molecular weight is 158 g/mol. The molecule has 0 aromatic carbocycles. The van der Waals surface area contributed by atoms with Crippen molar-refractivity contribution >= 4 is 0 Å². The summed E-state index contributed by atoms with van der Waals surface area (Å²) in [7, 11) is 0. The summed E-state index contributed by atoms with van der Waals surface area (Å²) < 4.78 is 13.3. The zero-order chi connectivity index (χ0) is 8.43. The van der Waals surface area contributed by atoms with E-state index in [0.717, 1.165) is 12.8 Å². The second kappa shape index (κ2) is 3.55. The third kappa shape index (κ3) is 2.18. The van der Waals surface area contributed by atoms with Crippen molar-refractivity contribution in [1.82, 2.24) is 0 Å². The molecule has 11 heavy (non-hydrogen) atoms. The fraction of sp³-hybridized carbons (Fsp3) is 1.00. The maximum Gasteiger partial charge on any atom is 0.103 e. The van der Waals surface area contributed by atoms with Gasteiger partial charge in [0.1, 0.15) is 6.17 Å². The minimum atomic E-state index is -0.529. The number of alkyl halides is 1. The van der Waals surface area contributed by atoms with Gasteiger partial charge in [-0.15, -0.1) is 0 Å². The number of hydrogen-bond donors (Lipinski definition) is 0. The van der Waals surface area contributed by atoms with E-state index >= 15 is 0 Å². The summed E-state index contributed by atoms with van der Waals surface area (Å²) in [4.78, 5) is 0. The molecule has 0 aliphatic heterocycles. The van der Waals surface area contributed by atoms with Gasteiger partial charge in [0.15, 0.2) is 0 Å². The monoisotopic (exact) mass is 158 g/mol. The third-order valence-electron chi connectivity index (χ3n) is 2.94. The molecule has 3 atom stereocenters. The summed E-state index contributed by atoms with van der Waals surface area (Å²) in [5, 5.41) is 0. The summed E-state index contributed by atoms with van der Waals surface area (Å²) in [6, 6.07) is 0. The standard InChI is InChI=1S/C10H19F/c1-7(2)9-5-4-8(3)6-10(9)11/h7-10H,4-6H2,1-3H3/t8-,9+,10-/m0/s1. The molecule has 1 aliphatic rings. The van der Waals surface area contributed by atoms with Crippen LogP contribution in [0.25, 0.3) is 0 Å². The summed E-state index contributed by atoms with van der Waals surface area (Å²) in [5.41, 5.74) is 0. The quantitative estimate of drug-likeness (QED) is 0.548. The highest BCUT2D eigenvalue weighted by atomic mass is 19.1. The van der Waals surface area contributed by atoms with Crippen LogP contribution in [0.3, 0.4) is 0 Å². The maximum atomic E-state index is 13.3. The molecule has 66 valence electrons. The maximum absolute atomic E-state index is 13.3. The van der Waals surface area contributed by atoms with E-state index in [9.17, 15) is 4.39 Å². The van der Waals surface area contributed by atoms with Crippen molar-refractivity contribution in [2.45, 2.75) is 46.2 Å². The lowest BCUT2D eigenvalue weighted by Gasteiger charge is -2.32. The fourth-order valence-corrected chi connectivity index (χ4v) is 2.09. The van der Waals surface area contributed by atoms with Crippen LogP contribution < -0.4 is 0 Å². The summed E-state index contributed by atoms with van der Waals surface area (Å²) in [5.74, 6) is 1.48. The number of rotatable bonds is 1. The Morgan fingerprint density at radius 2 is 1.91 bits per heavy atom. The van der Waals surface area contributed by atoms with E-state index in [4.69, 9.17) is 0 Å². The molecule has 0 N–H and O–H groups in total. The molecule has 0 aromatic heterocycles. The largest absolute Gasteiger partial charge is 0.247 e. The predicted molar refractivity (Wildman–Crippen MR) is 46.2 cm³/mol. The van der Waals surface area contributed by atoms with Crippen LogP contribution in [0.15, 0.2) is 0 Å². The van der Waals surface area contributed by atoms with Crippen molar-refractivity contribution in [3.8, 4) is 0 Å². The number of hydrogen-bond acceptors (Lipinski definition) is 0. The SMILES string of the molecule is CC(C)[C@H]1CC[C@H](C)C[C@@H]1F. The molecule has 0 amide bonds. The molecule has 0 nitrogen and oxygen atoms in total. The van der Waals surface area contributed by atoms with E-state index in [2.05, 4.69) is 20.8 Å². The van der Waals surface area contributed by atoms with E-state index in [-0.39, 0.29) is 0 Å². The van der Waals surface area contributed by atoms with Crippen LogP contribution in [0.5, 0.6) is 0 Å². The van der Waals surface area contributed by atoms with Crippen molar-refractivity contribution in [2.75, 3.05) is 0 Å². The van der Waals surface area contributed by atoms with Gasteiger partial charge in [-0.2, -0.15) is 0 Å². The molecule has 0 spiro atoms. The lowest BCUT2D eigenvalue weighted by atomic mass is 9.76. The zero-order valence-corrected chi connectivity index (χ0v) is 7.81. The van der Waals surface area contributed by atoms with E-state index in [1.807, 2.05) is 0 Å². The highest BCUT2D eigenvalue weighted by Crippen LogP contribution is 2.35. The van der Waals surface area contributed by atoms with Gasteiger partial charge in [-0.1, -0.05) is 27.2 Å². The van der Waals surface area contributed by atoms with Crippen LogP contribution >= 0.6 is 0 Å². The second-order valence-corrected chi connectivity index (χ2v) is 4.34. The van der Waals surface area contributed by atoms with E-state index in [1.54, 1.807) is 0 Å². The fourth-order valence-electron chi connectivity index (χ4n) is 2.09. The van der Waals surface area contributed by atoms with Crippen molar-refractivity contribution in [3.63, 3.8) is 0 Å². The van der Waals surface area contributed by atoms with Gasteiger partial charge in [0.25, 0.3) is 0 Å². The lowest BCUT2D eigenvalue weighted by Crippen LogP contribution is -2.28. The van der Waals surface area contributed by atoms with Gasteiger partial charge in [0, 0.05) is 0 Å². The molecule has 1 saturated carbocycles. The van der Waals surface area contributed by atoms with Gasteiger partial charge in [-0.05, 0) is 30.6 Å². The van der Waals surface area contributed by atoms with Gasteiger partial charge in [-0.25, -0.2) is 4.39 Å². The Hall–Kier alpha value is -0.0700. The first kappa shape index (κ1) is 9.02. The summed E-state index contributed by atoms with van der Waals surface area (Å²) >= 11 is 0. The Balaban J connectivity index is 2.44. The molecule has 1 fully saturated rings. The van der Waals surface area contributed by atoms with Crippen LogP contribution in [0.1, 0.15) is 40.0 Å². The Kier molecular flexibility index (Phi) is 2.91. The molecular weight excluding hydrogens is 139 g/mol. The lowest BCUT2D eigenvalue weighted by molar-refractivity contribution is 0.1000. The van der Waals surface area contributed by atoms with Gasteiger partial charge >= 0.3 is 0 Å². The van der Waals surface area contributed by atoms with Crippen molar-refractivity contribution in [2.24, 2.45) is 17.8 Å². The minimum absolute atomic E-state index is 0.339. The van der Waals surface area contributed by atoms with Crippen molar-refractivity contribution in [1.29, 1.82) is 0 Å². The zero-order valence-electron chi connectivity index (χ0n) is 7.81. The Bertz CT molecular complexity index is 120. The second-order valence-electron chi connectivity index (χ2n) is 4.34. The highest BCUT2D eigenvalue weighted by molar-refractivity contribution is 4.79. The van der Waals surface area contributed by atoms with Crippen LogP contribution in [0, 0.1) is 17.8 Å². The molecule has 1 rings (SSSR count). The first-order valence-corrected chi connectivity index (χ1v) is 4.75. The third-order valence-corrected chi connectivity index (χ3v) is 2.94. The Morgan fingerprint density at radius 1 is 1.27 bits per heavy atom. The molecule has 0 unspecified atom stereocenters. The average Bonchev–Trinajstić information content (AvgIpc) is 1.85. The minimum Gasteiger partial charge on any atom is -0.247 e. The smallest absolute Gasteiger partial charge is 0.103 e. The van der Waals surface area contributed by atoms with Crippen LogP contribution in [0.2, 0.25) is 0 Å². The molecule has 0 saturated heterocycles. The van der Waals surface area contributed by atoms with Gasteiger partial charge in [0.2, 0.25) is 0 Å². The molecule has 1 heteroatoms. The van der Waals surface area contributed by atoms with Crippen molar-refractivity contribution in [3.05, 3.63) is 0 Å². The van der Waals surface area contributed by atoms with E-state index < -0.39 is 6.17 Å². The van der Waals surface area contributed by atoms with Gasteiger partial charge < -0.3 is 0 Å². The number of halogens is 1. The van der Waals surface area contributed by atoms with Crippen molar-refractivity contribution < 1.29 is 4.39 Å². The highest BCUT2D eigenvalue weighted by Gasteiger charge is 2.30. The Labute approximate surface area is 69.2 Å². The molecule has 0 radical (unpaired) electrons. The van der Waals surface area contributed by atoms with Gasteiger partial charge in [0.05, 0.1) is 0 Å². The van der Waals surface area contributed by atoms with Crippen LogP contribution in [0.4, 0.5) is 4.39 Å². The first-order chi connectivity index (χ1) is 5.11. The van der Waals surface area contributed by atoms with Crippen LogP contribution in [-0.4, -0.2) is 6.17 Å². The predicted octanol–water partition coefficient (Wildman–Crippen LogP) is 3.42.